The fourth-order valence-electron chi connectivity index (χ4n) is 5.21. The number of hydrogen-bond acceptors (Lipinski definition) is 10. The van der Waals surface area contributed by atoms with E-state index in [4.69, 9.17) is 14.6 Å². The number of ether oxygens (including phenoxy) is 2. The summed E-state index contributed by atoms with van der Waals surface area (Å²) >= 11 is 2.15. The molecule has 0 aliphatic carbocycles. The number of benzene rings is 4. The highest BCUT2D eigenvalue weighted by molar-refractivity contribution is 8.00. The van der Waals surface area contributed by atoms with Crippen molar-refractivity contribution in [2.75, 3.05) is 36.2 Å². The molecule has 0 aromatic heterocycles. The van der Waals surface area contributed by atoms with Crippen molar-refractivity contribution in [2.45, 2.75) is 24.9 Å². The van der Waals surface area contributed by atoms with Crippen molar-refractivity contribution in [1.29, 1.82) is 0 Å². The van der Waals surface area contributed by atoms with Gasteiger partial charge in [0.25, 0.3) is 0 Å². The van der Waals surface area contributed by atoms with Crippen LogP contribution in [0.4, 0.5) is 18.4 Å². The number of carboxylic acids is 1. The summed E-state index contributed by atoms with van der Waals surface area (Å²) in [5.41, 5.74) is 3.02. The van der Waals surface area contributed by atoms with E-state index in [0.717, 1.165) is 40.4 Å². The number of halogens is 2. The van der Waals surface area contributed by atoms with E-state index < -0.39 is 23.7 Å². The predicted molar refractivity (Wildman–Crippen MR) is 204 cm³/mol. The summed E-state index contributed by atoms with van der Waals surface area (Å²) in [5.74, 6) is -2.47. The number of imide groups is 1. The molecule has 2 N–H and O–H groups in total. The predicted octanol–water partition coefficient (Wildman–Crippen LogP) is 6.50. The van der Waals surface area contributed by atoms with Gasteiger partial charge in [-0.3, -0.25) is 19.2 Å². The summed E-state index contributed by atoms with van der Waals surface area (Å²) < 4.78 is 35.2. The molecule has 55 heavy (non-hydrogen) atoms. The number of nitrogens with zero attached hydrogens (tertiary/aromatic N) is 1. The Hall–Kier alpha value is -5.54. The first-order valence-electron chi connectivity index (χ1n) is 16.9. The molecule has 0 spiro atoms. The molecule has 2 fully saturated rings. The molecule has 0 unspecified atom stereocenters. The maximum Gasteiger partial charge on any atom is 0.417 e. The van der Waals surface area contributed by atoms with Crippen LogP contribution in [-0.4, -0.2) is 93.9 Å². The second kappa shape index (κ2) is 22.0. The van der Waals surface area contributed by atoms with Gasteiger partial charge in [0.05, 0.1) is 35.1 Å². The van der Waals surface area contributed by atoms with Gasteiger partial charge >= 0.3 is 18.2 Å². The Morgan fingerprint density at radius 2 is 1.15 bits per heavy atom. The summed E-state index contributed by atoms with van der Waals surface area (Å²) in [6.45, 7) is 0.645. The molecular formula is C40H38F2N2O9S2. The molecule has 3 amide bonds. The molecule has 0 bridgehead atoms. The Balaban J connectivity index is 0.000000202. The molecule has 4 aromatic carbocycles. The third kappa shape index (κ3) is 14.7. The number of carbonyl (C=O) groups is 6. The maximum absolute atomic E-state index is 12.9. The zero-order valence-corrected chi connectivity index (χ0v) is 31.1. The van der Waals surface area contributed by atoms with E-state index in [1.807, 2.05) is 60.7 Å². The maximum atomic E-state index is 12.9. The summed E-state index contributed by atoms with van der Waals surface area (Å²) in [7, 11) is 0. The van der Waals surface area contributed by atoms with Gasteiger partial charge in [-0.2, -0.15) is 0 Å². The van der Waals surface area contributed by atoms with Crippen LogP contribution in [0.2, 0.25) is 0 Å². The zero-order valence-electron chi connectivity index (χ0n) is 29.4. The van der Waals surface area contributed by atoms with E-state index in [0.29, 0.717) is 24.2 Å². The van der Waals surface area contributed by atoms with Crippen molar-refractivity contribution in [1.82, 2.24) is 10.2 Å². The second-order valence-electron chi connectivity index (χ2n) is 12.1. The number of ketones is 2. The number of carbonyl (C=O) groups excluding carboxylic acids is 5. The van der Waals surface area contributed by atoms with Gasteiger partial charge in [0.1, 0.15) is 24.8 Å². The van der Waals surface area contributed by atoms with Crippen molar-refractivity contribution < 1.29 is 52.1 Å². The van der Waals surface area contributed by atoms with Crippen LogP contribution in [0.15, 0.2) is 109 Å². The molecule has 2 atom stereocenters. The lowest BCUT2D eigenvalue weighted by Crippen LogP contribution is -2.41. The van der Waals surface area contributed by atoms with Gasteiger partial charge in [0.2, 0.25) is 5.91 Å². The lowest BCUT2D eigenvalue weighted by atomic mass is 10.1. The van der Waals surface area contributed by atoms with Crippen LogP contribution >= 0.6 is 23.5 Å². The number of carboxylic acid groups (broad SMARTS) is 1. The lowest BCUT2D eigenvalue weighted by Gasteiger charge is -2.19. The van der Waals surface area contributed by atoms with Crippen LogP contribution in [0.1, 0.15) is 31.8 Å². The minimum Gasteiger partial charge on any atom is -0.481 e. The topological polar surface area (TPSA) is 156 Å². The van der Waals surface area contributed by atoms with Gasteiger partial charge in [0.15, 0.2) is 11.6 Å². The molecule has 2 aliphatic rings. The fraction of sp³-hybridized carbons (Fsp3) is 0.250. The number of alkyl carbamates (subject to hydrolysis) is 1. The standard InChI is InChI=1S/C20H18FNO4S.C10H9FO3S.C10H11NO2/c21-16-8-6-15(7-9-16)18(23)12-27-13-19(24)22-17(11-26-20(22)25)10-14-4-2-1-3-5-14;11-8-3-1-7(2-4-8)9(12)5-15-6-10(13)14;12-10-11-9(7-13-10)6-8-4-2-1-3-5-8/h1-9,17H,10-13H2;1-4H,5-6H2,(H,13,14);1-5,9H,6-7H2,(H,11,12)/t17-;;9-/m0.0/s1. The van der Waals surface area contributed by atoms with E-state index in [1.54, 1.807) is 0 Å². The number of thioether (sulfide) groups is 2. The van der Waals surface area contributed by atoms with Crippen LogP contribution in [0.5, 0.6) is 0 Å². The second-order valence-corrected chi connectivity index (χ2v) is 14.0. The largest absolute Gasteiger partial charge is 0.481 e. The number of Topliss-reactive ketones (excluding diaryl/α,β-unsaturated/α-hetero) is 2. The molecule has 0 radical (unpaired) electrons. The molecule has 288 valence electrons. The van der Waals surface area contributed by atoms with E-state index in [-0.39, 0.29) is 65.3 Å². The van der Waals surface area contributed by atoms with Crippen molar-refractivity contribution >= 4 is 59.2 Å². The van der Waals surface area contributed by atoms with Gasteiger partial charge in [-0.15, -0.1) is 23.5 Å². The average Bonchev–Trinajstić information content (AvgIpc) is 3.76. The highest BCUT2D eigenvalue weighted by Gasteiger charge is 2.37. The smallest absolute Gasteiger partial charge is 0.417 e. The van der Waals surface area contributed by atoms with E-state index in [1.165, 1.54) is 54.1 Å². The highest BCUT2D eigenvalue weighted by atomic mass is 32.2. The molecule has 6 rings (SSSR count). The van der Waals surface area contributed by atoms with Crippen molar-refractivity contribution in [2.24, 2.45) is 0 Å². The Bertz CT molecular complexity index is 1900. The van der Waals surface area contributed by atoms with Crippen molar-refractivity contribution in [3.05, 3.63) is 143 Å². The summed E-state index contributed by atoms with van der Waals surface area (Å²) in [6.07, 6.45) is 0.414. The van der Waals surface area contributed by atoms with Crippen molar-refractivity contribution in [3.63, 3.8) is 0 Å². The molecule has 2 aliphatic heterocycles. The van der Waals surface area contributed by atoms with Gasteiger partial charge < -0.3 is 19.9 Å². The summed E-state index contributed by atoms with van der Waals surface area (Å²) in [5, 5.41) is 11.1. The van der Waals surface area contributed by atoms with Crippen LogP contribution < -0.4 is 5.32 Å². The SMILES string of the molecule is O=C(CSCC(=O)N1C(=O)OC[C@@H]1Cc1ccccc1)c1ccc(F)cc1.O=C(O)CSCC(=O)c1ccc(F)cc1.O=C1N[C@@H](Cc2ccccc2)CO1. The van der Waals surface area contributed by atoms with E-state index in [2.05, 4.69) is 5.32 Å². The fourth-order valence-corrected chi connectivity index (χ4v) is 6.60. The van der Waals surface area contributed by atoms with Gasteiger partial charge in [-0.1, -0.05) is 60.7 Å². The molecule has 4 aromatic rings. The Morgan fingerprint density at radius 1 is 0.655 bits per heavy atom. The minimum atomic E-state index is -0.952. The molecule has 11 nitrogen and oxygen atoms in total. The first kappa shape index (κ1) is 42.2. The number of hydrogen-bond donors (Lipinski definition) is 2. The molecule has 15 heteroatoms. The van der Waals surface area contributed by atoms with E-state index >= 15 is 0 Å². The Kier molecular flexibility index (Phi) is 16.9. The Morgan fingerprint density at radius 3 is 1.62 bits per heavy atom. The zero-order chi connectivity index (χ0) is 39.6. The van der Waals surface area contributed by atoms with Crippen LogP contribution in [0.25, 0.3) is 0 Å². The molecule has 0 saturated carbocycles. The normalized spacial score (nSPS) is 15.6. The van der Waals surface area contributed by atoms with Crippen molar-refractivity contribution in [3.8, 4) is 0 Å². The van der Waals surface area contributed by atoms with Gasteiger partial charge in [-0.05, 0) is 72.5 Å². The number of aliphatic carboxylic acids is 1. The quantitative estimate of drug-likeness (QED) is 0.135. The number of cyclic esters (lactones) is 2. The van der Waals surface area contributed by atoms with Gasteiger partial charge in [0, 0.05) is 11.1 Å². The monoisotopic (exact) mass is 792 g/mol. The van der Waals surface area contributed by atoms with Crippen LogP contribution in [0.3, 0.4) is 0 Å². The third-order valence-corrected chi connectivity index (χ3v) is 9.69. The first-order valence-corrected chi connectivity index (χ1v) is 19.2. The van der Waals surface area contributed by atoms with E-state index in [9.17, 15) is 37.5 Å². The summed E-state index contributed by atoms with van der Waals surface area (Å²) in [6, 6.07) is 29.9. The number of amides is 3. The number of nitrogens with one attached hydrogen (secondary N) is 1. The minimum absolute atomic E-state index is 0.00662. The first-order chi connectivity index (χ1) is 26.5. The lowest BCUT2D eigenvalue weighted by molar-refractivity contribution is -0.134. The Labute approximate surface area is 324 Å². The van der Waals surface area contributed by atoms with Crippen LogP contribution in [-0.2, 0) is 31.9 Å². The third-order valence-electron chi connectivity index (χ3n) is 7.86. The average molecular weight is 793 g/mol. The molecule has 2 heterocycles. The number of rotatable bonds is 14. The molecular weight excluding hydrogens is 755 g/mol. The van der Waals surface area contributed by atoms with Gasteiger partial charge in [-0.25, -0.2) is 23.3 Å². The highest BCUT2D eigenvalue weighted by Crippen LogP contribution is 2.19. The van der Waals surface area contributed by atoms with Crippen LogP contribution in [0, 0.1) is 11.6 Å². The summed E-state index contributed by atoms with van der Waals surface area (Å²) in [4.78, 5) is 69.9. The molecule has 2 saturated heterocycles.